The van der Waals surface area contributed by atoms with Gasteiger partial charge in [-0.25, -0.2) is 9.98 Å². The van der Waals surface area contributed by atoms with E-state index in [2.05, 4.69) is 10.2 Å². The fourth-order valence-electron chi connectivity index (χ4n) is 3.44. The number of aromatic hydroxyl groups is 2. The molecule has 0 aliphatic carbocycles. The van der Waals surface area contributed by atoms with Gasteiger partial charge in [0.05, 0.1) is 17.6 Å². The first-order chi connectivity index (χ1) is 17.7. The largest absolute Gasteiger partial charge is 0.508 e. The smallest absolute Gasteiger partial charge is 0.202 e. The zero-order chi connectivity index (χ0) is 24.7. The number of benzene rings is 4. The molecule has 0 saturated carbocycles. The van der Waals surface area contributed by atoms with Crippen LogP contribution in [0.3, 0.4) is 0 Å². The number of nitrogens with zero attached hydrogens (tertiary/aromatic N) is 5. The molecule has 5 rings (SSSR count). The first-order valence-corrected chi connectivity index (χ1v) is 11.9. The van der Waals surface area contributed by atoms with Gasteiger partial charge in [-0.1, -0.05) is 54.6 Å². The molecule has 1 fully saturated rings. The van der Waals surface area contributed by atoms with E-state index >= 15 is 0 Å². The SMILES string of the molecule is Oc1ccc(/C=N/N=C2/SC(=Nc3ccccc3)C(=Nc3ccccc3)N2c2ccccc2)c(O)c1. The molecule has 2 N–H and O–H groups in total. The highest BCUT2D eigenvalue weighted by Gasteiger charge is 2.34. The highest BCUT2D eigenvalue weighted by Crippen LogP contribution is 2.33. The van der Waals surface area contributed by atoms with Crippen LogP contribution in [-0.2, 0) is 0 Å². The molecule has 4 aromatic carbocycles. The van der Waals surface area contributed by atoms with Crippen molar-refractivity contribution in [2.75, 3.05) is 4.90 Å². The van der Waals surface area contributed by atoms with Crippen LogP contribution in [0.5, 0.6) is 11.5 Å². The van der Waals surface area contributed by atoms with E-state index in [4.69, 9.17) is 9.98 Å². The molecule has 0 radical (unpaired) electrons. The summed E-state index contributed by atoms with van der Waals surface area (Å²) in [5.74, 6) is 0.513. The van der Waals surface area contributed by atoms with Crippen molar-refractivity contribution in [3.05, 3.63) is 115 Å². The molecule has 0 unspecified atom stereocenters. The highest BCUT2D eigenvalue weighted by molar-refractivity contribution is 8.29. The van der Waals surface area contributed by atoms with E-state index < -0.39 is 0 Å². The second kappa shape index (κ2) is 10.7. The minimum atomic E-state index is -0.0874. The van der Waals surface area contributed by atoms with Crippen LogP contribution in [-0.4, -0.2) is 32.5 Å². The summed E-state index contributed by atoms with van der Waals surface area (Å²) in [7, 11) is 0. The number of anilines is 1. The van der Waals surface area contributed by atoms with E-state index in [1.54, 1.807) is 6.07 Å². The summed E-state index contributed by atoms with van der Waals surface area (Å²) < 4.78 is 0. The summed E-state index contributed by atoms with van der Waals surface area (Å²) in [5.41, 5.74) is 2.88. The van der Waals surface area contributed by atoms with Gasteiger partial charge in [0.25, 0.3) is 0 Å². The average molecular weight is 492 g/mol. The summed E-state index contributed by atoms with van der Waals surface area (Å²) in [5, 5.41) is 29.5. The number of para-hydroxylation sites is 3. The van der Waals surface area contributed by atoms with Crippen LogP contribution in [0.2, 0.25) is 0 Å². The third-order valence-electron chi connectivity index (χ3n) is 5.13. The standard InChI is InChI=1S/C28H21N5O2S/c34-24-17-16-20(25(35)18-24)19-29-32-28-33(23-14-8-3-9-15-23)26(30-21-10-4-1-5-11-21)27(36-28)31-22-12-6-2-7-13-22/h1-19,34-35H/b29-19+,30-26?,31-27?,32-28+. The Kier molecular flexibility index (Phi) is 6.86. The van der Waals surface area contributed by atoms with Crippen LogP contribution < -0.4 is 4.90 Å². The lowest BCUT2D eigenvalue weighted by Gasteiger charge is -2.17. The number of phenolic OH excluding ortho intramolecular Hbond substituents is 2. The Morgan fingerprint density at radius 1 is 0.694 bits per heavy atom. The van der Waals surface area contributed by atoms with Crippen LogP contribution in [0.15, 0.2) is 129 Å². The Morgan fingerprint density at radius 3 is 1.94 bits per heavy atom. The Balaban J connectivity index is 1.61. The van der Waals surface area contributed by atoms with Crippen LogP contribution in [0.4, 0.5) is 17.1 Å². The molecule has 4 aromatic rings. The van der Waals surface area contributed by atoms with E-state index in [-0.39, 0.29) is 11.5 Å². The Labute approximate surface area is 212 Å². The van der Waals surface area contributed by atoms with E-state index in [1.807, 2.05) is 95.9 Å². The molecule has 0 spiro atoms. The molecule has 1 aliphatic heterocycles. The number of rotatable bonds is 5. The van der Waals surface area contributed by atoms with Crippen LogP contribution in [0.25, 0.3) is 0 Å². The lowest BCUT2D eigenvalue weighted by Crippen LogP contribution is -2.30. The van der Waals surface area contributed by atoms with Gasteiger partial charge in [-0.05, 0) is 60.3 Å². The molecule has 1 saturated heterocycles. The molecule has 1 aliphatic rings. The third-order valence-corrected chi connectivity index (χ3v) is 6.04. The van der Waals surface area contributed by atoms with Gasteiger partial charge < -0.3 is 10.2 Å². The Morgan fingerprint density at radius 2 is 1.31 bits per heavy atom. The zero-order valence-electron chi connectivity index (χ0n) is 19.0. The van der Waals surface area contributed by atoms with E-state index in [0.29, 0.717) is 21.6 Å². The summed E-state index contributed by atoms with van der Waals surface area (Å²) >= 11 is 1.36. The normalized spacial score (nSPS) is 17.0. The molecule has 1 heterocycles. The number of thioether (sulfide) groups is 1. The quantitative estimate of drug-likeness (QED) is 0.246. The third kappa shape index (κ3) is 5.34. The Hall–Kier alpha value is -4.69. The van der Waals surface area contributed by atoms with E-state index in [0.717, 1.165) is 17.1 Å². The maximum Gasteiger partial charge on any atom is 0.202 e. The van der Waals surface area contributed by atoms with Crippen molar-refractivity contribution in [2.45, 2.75) is 0 Å². The summed E-state index contributed by atoms with van der Waals surface area (Å²) in [4.78, 5) is 11.7. The summed E-state index contributed by atoms with van der Waals surface area (Å²) in [6.45, 7) is 0. The Bertz CT molecular complexity index is 1470. The van der Waals surface area contributed by atoms with E-state index in [9.17, 15) is 10.2 Å². The molecule has 176 valence electrons. The van der Waals surface area contributed by atoms with Crippen molar-refractivity contribution in [2.24, 2.45) is 20.2 Å². The highest BCUT2D eigenvalue weighted by atomic mass is 32.2. The van der Waals surface area contributed by atoms with Gasteiger partial charge in [-0.15, -0.1) is 5.10 Å². The number of aliphatic imine (C=N–C) groups is 2. The lowest BCUT2D eigenvalue weighted by atomic mass is 10.2. The molecule has 8 heteroatoms. The van der Waals surface area contributed by atoms with Gasteiger partial charge in [-0.3, -0.25) is 4.90 Å². The van der Waals surface area contributed by atoms with Crippen molar-refractivity contribution in [3.63, 3.8) is 0 Å². The van der Waals surface area contributed by atoms with Crippen molar-refractivity contribution in [3.8, 4) is 11.5 Å². The van der Waals surface area contributed by atoms with Gasteiger partial charge in [0.2, 0.25) is 5.17 Å². The molecular weight excluding hydrogens is 470 g/mol. The number of amidine groups is 2. The lowest BCUT2D eigenvalue weighted by molar-refractivity contribution is 0.450. The maximum atomic E-state index is 10.1. The number of hydrogen-bond acceptors (Lipinski definition) is 7. The monoisotopic (exact) mass is 491 g/mol. The minimum absolute atomic E-state index is 0.0268. The topological polar surface area (TPSA) is 93.1 Å². The molecule has 0 aromatic heterocycles. The fraction of sp³-hybridized carbons (Fsp3) is 0. The van der Waals surface area contributed by atoms with Gasteiger partial charge >= 0.3 is 0 Å². The van der Waals surface area contributed by atoms with Crippen molar-refractivity contribution in [1.82, 2.24) is 0 Å². The fourth-order valence-corrected chi connectivity index (χ4v) is 4.36. The van der Waals surface area contributed by atoms with Crippen LogP contribution in [0, 0.1) is 0 Å². The first kappa shape index (κ1) is 23.1. The number of phenols is 2. The van der Waals surface area contributed by atoms with Gasteiger partial charge in [0, 0.05) is 17.3 Å². The molecular formula is C28H21N5O2S. The van der Waals surface area contributed by atoms with Crippen LogP contribution in [0.1, 0.15) is 5.56 Å². The van der Waals surface area contributed by atoms with Gasteiger partial charge in [0.1, 0.15) is 16.5 Å². The predicted octanol–water partition coefficient (Wildman–Crippen LogP) is 6.50. The molecule has 36 heavy (non-hydrogen) atoms. The van der Waals surface area contributed by atoms with Crippen molar-refractivity contribution >= 4 is 51.1 Å². The second-order valence-electron chi connectivity index (χ2n) is 7.67. The number of hydrogen-bond donors (Lipinski definition) is 2. The summed E-state index contributed by atoms with van der Waals surface area (Å²) in [6, 6.07) is 33.4. The van der Waals surface area contributed by atoms with Crippen molar-refractivity contribution in [1.29, 1.82) is 0 Å². The zero-order valence-corrected chi connectivity index (χ0v) is 19.8. The van der Waals surface area contributed by atoms with Crippen molar-refractivity contribution < 1.29 is 10.2 Å². The second-order valence-corrected chi connectivity index (χ2v) is 8.62. The molecule has 7 nitrogen and oxygen atoms in total. The minimum Gasteiger partial charge on any atom is -0.508 e. The van der Waals surface area contributed by atoms with Crippen LogP contribution >= 0.6 is 11.8 Å². The molecule has 0 amide bonds. The molecule has 0 atom stereocenters. The van der Waals surface area contributed by atoms with Gasteiger partial charge in [0.15, 0.2) is 5.84 Å². The maximum absolute atomic E-state index is 10.1. The molecule has 0 bridgehead atoms. The van der Waals surface area contributed by atoms with Gasteiger partial charge in [-0.2, -0.15) is 5.10 Å². The summed E-state index contributed by atoms with van der Waals surface area (Å²) in [6.07, 6.45) is 1.44. The average Bonchev–Trinajstić information content (AvgIpc) is 3.23. The predicted molar refractivity (Wildman–Crippen MR) is 148 cm³/mol. The van der Waals surface area contributed by atoms with E-state index in [1.165, 1.54) is 30.1 Å². The first-order valence-electron chi connectivity index (χ1n) is 11.1.